The van der Waals surface area contributed by atoms with Crippen LogP contribution in [0, 0.1) is 0 Å². The Labute approximate surface area is 138 Å². The summed E-state index contributed by atoms with van der Waals surface area (Å²) in [6.45, 7) is 4.89. The highest BCUT2D eigenvalue weighted by atomic mass is 16.7. The molecule has 4 heteroatoms. The molecule has 1 heterocycles. The fraction of sp³-hybridized carbons (Fsp3) is 0.579. The van der Waals surface area contributed by atoms with Crippen molar-refractivity contribution in [1.29, 1.82) is 0 Å². The van der Waals surface area contributed by atoms with E-state index in [4.69, 9.17) is 9.47 Å². The minimum atomic E-state index is -0.618. The van der Waals surface area contributed by atoms with Crippen LogP contribution >= 0.6 is 0 Å². The molecule has 0 aromatic heterocycles. The maximum atomic E-state index is 11.3. The fourth-order valence-electron chi connectivity index (χ4n) is 2.65. The SMILES string of the molecule is CCCCCCCCOC1=Nc2cc(CC)ccc2C(C=O)O1. The molecule has 2 rings (SSSR count). The van der Waals surface area contributed by atoms with E-state index in [0.29, 0.717) is 6.61 Å². The number of hydrogen-bond acceptors (Lipinski definition) is 4. The lowest BCUT2D eigenvalue weighted by Gasteiger charge is -2.22. The van der Waals surface area contributed by atoms with E-state index in [-0.39, 0.29) is 6.08 Å². The van der Waals surface area contributed by atoms with E-state index >= 15 is 0 Å². The monoisotopic (exact) mass is 317 g/mol. The molecule has 0 saturated carbocycles. The predicted octanol–water partition coefficient (Wildman–Crippen LogP) is 4.88. The largest absolute Gasteiger partial charge is 0.450 e. The van der Waals surface area contributed by atoms with Crippen molar-refractivity contribution >= 4 is 18.1 Å². The molecular weight excluding hydrogens is 290 g/mol. The van der Waals surface area contributed by atoms with Gasteiger partial charge in [-0.15, -0.1) is 0 Å². The number of ether oxygens (including phenoxy) is 2. The Morgan fingerprint density at radius 2 is 1.96 bits per heavy atom. The lowest BCUT2D eigenvalue weighted by atomic mass is 10.0. The molecule has 1 aromatic carbocycles. The second kappa shape index (κ2) is 9.33. The average Bonchev–Trinajstić information content (AvgIpc) is 2.59. The Morgan fingerprint density at radius 1 is 1.17 bits per heavy atom. The number of nitrogens with zero attached hydrogens (tertiary/aromatic N) is 1. The topological polar surface area (TPSA) is 47.9 Å². The highest BCUT2D eigenvalue weighted by Gasteiger charge is 2.24. The van der Waals surface area contributed by atoms with Gasteiger partial charge in [0.15, 0.2) is 12.4 Å². The van der Waals surface area contributed by atoms with Crippen LogP contribution in [0.15, 0.2) is 23.2 Å². The predicted molar refractivity (Wildman–Crippen MR) is 92.1 cm³/mol. The number of aliphatic imine (C=N–C) groups is 1. The van der Waals surface area contributed by atoms with Crippen LogP contribution in [-0.4, -0.2) is 19.0 Å². The molecule has 0 spiro atoms. The first-order chi connectivity index (χ1) is 11.3. The summed E-state index contributed by atoms with van der Waals surface area (Å²) in [7, 11) is 0. The Kier molecular flexibility index (Phi) is 7.11. The van der Waals surface area contributed by atoms with Crippen LogP contribution in [0.4, 0.5) is 5.69 Å². The first-order valence-electron chi connectivity index (χ1n) is 8.74. The Hall–Kier alpha value is -1.84. The van der Waals surface area contributed by atoms with E-state index < -0.39 is 6.10 Å². The molecule has 1 aliphatic heterocycles. The van der Waals surface area contributed by atoms with Crippen molar-refractivity contribution in [2.24, 2.45) is 4.99 Å². The van der Waals surface area contributed by atoms with Crippen LogP contribution in [0.5, 0.6) is 0 Å². The lowest BCUT2D eigenvalue weighted by molar-refractivity contribution is -0.115. The van der Waals surface area contributed by atoms with Gasteiger partial charge in [0.25, 0.3) is 0 Å². The molecule has 0 radical (unpaired) electrons. The summed E-state index contributed by atoms with van der Waals surface area (Å²) >= 11 is 0. The first kappa shape index (κ1) is 17.5. The quantitative estimate of drug-likeness (QED) is 0.481. The number of benzene rings is 1. The molecule has 0 fully saturated rings. The zero-order chi connectivity index (χ0) is 16.5. The minimum absolute atomic E-state index is 0.219. The van der Waals surface area contributed by atoms with Gasteiger partial charge in [-0.05, 0) is 24.5 Å². The van der Waals surface area contributed by atoms with Crippen molar-refractivity contribution in [2.75, 3.05) is 6.61 Å². The molecule has 126 valence electrons. The molecule has 1 aromatic rings. The molecular formula is C19H27NO3. The van der Waals surface area contributed by atoms with Crippen LogP contribution in [0.1, 0.15) is 69.6 Å². The number of carbonyl (C=O) groups excluding carboxylic acids is 1. The molecule has 1 unspecified atom stereocenters. The number of aldehydes is 1. The summed E-state index contributed by atoms with van der Waals surface area (Å²) in [5.41, 5.74) is 2.78. The molecule has 1 aliphatic rings. The van der Waals surface area contributed by atoms with E-state index in [1.807, 2.05) is 18.2 Å². The maximum absolute atomic E-state index is 11.3. The Morgan fingerprint density at radius 3 is 2.70 bits per heavy atom. The highest BCUT2D eigenvalue weighted by Crippen LogP contribution is 2.33. The van der Waals surface area contributed by atoms with Gasteiger partial charge in [0.2, 0.25) is 0 Å². The van der Waals surface area contributed by atoms with Crippen LogP contribution in [0.2, 0.25) is 0 Å². The van der Waals surface area contributed by atoms with Crippen LogP contribution < -0.4 is 0 Å². The Bertz CT molecular complexity index is 539. The summed E-state index contributed by atoms with van der Waals surface area (Å²) < 4.78 is 11.2. The van der Waals surface area contributed by atoms with Gasteiger partial charge in [0.1, 0.15) is 0 Å². The second-order valence-corrected chi connectivity index (χ2v) is 5.92. The number of fused-ring (bicyclic) bond motifs is 1. The minimum Gasteiger partial charge on any atom is -0.450 e. The molecule has 0 amide bonds. The first-order valence-corrected chi connectivity index (χ1v) is 8.74. The van der Waals surface area contributed by atoms with E-state index in [0.717, 1.165) is 36.8 Å². The summed E-state index contributed by atoms with van der Waals surface area (Å²) in [5, 5.41) is 0. The standard InChI is InChI=1S/C19H27NO3/c1-3-5-6-7-8-9-12-22-19-20-17-13-15(4-2)10-11-16(17)18(14-21)23-19/h10-11,13-14,18H,3-9,12H2,1-2H3. The van der Waals surface area contributed by atoms with Gasteiger partial charge in [-0.3, -0.25) is 4.79 Å². The van der Waals surface area contributed by atoms with Crippen LogP contribution in [-0.2, 0) is 20.7 Å². The highest BCUT2D eigenvalue weighted by molar-refractivity contribution is 5.80. The number of aryl methyl sites for hydroxylation is 1. The molecule has 1 atom stereocenters. The molecule has 4 nitrogen and oxygen atoms in total. The summed E-state index contributed by atoms with van der Waals surface area (Å²) in [4.78, 5) is 15.7. The van der Waals surface area contributed by atoms with Crippen molar-refractivity contribution < 1.29 is 14.3 Å². The van der Waals surface area contributed by atoms with Gasteiger partial charge in [-0.25, -0.2) is 0 Å². The third kappa shape index (κ3) is 5.08. The van der Waals surface area contributed by atoms with Gasteiger partial charge in [0, 0.05) is 5.56 Å². The number of rotatable bonds is 9. The van der Waals surface area contributed by atoms with Gasteiger partial charge < -0.3 is 9.47 Å². The van der Waals surface area contributed by atoms with Gasteiger partial charge in [-0.2, -0.15) is 4.99 Å². The van der Waals surface area contributed by atoms with Crippen molar-refractivity contribution in [3.63, 3.8) is 0 Å². The number of unbranched alkanes of at least 4 members (excludes halogenated alkanes) is 5. The van der Waals surface area contributed by atoms with Crippen LogP contribution in [0.25, 0.3) is 0 Å². The Balaban J connectivity index is 1.89. The van der Waals surface area contributed by atoms with Crippen molar-refractivity contribution in [1.82, 2.24) is 0 Å². The smallest absolute Gasteiger partial charge is 0.389 e. The van der Waals surface area contributed by atoms with E-state index in [1.165, 1.54) is 31.2 Å². The zero-order valence-electron chi connectivity index (χ0n) is 14.2. The number of carbonyl (C=O) groups is 1. The molecule has 23 heavy (non-hydrogen) atoms. The zero-order valence-corrected chi connectivity index (χ0v) is 14.2. The molecule has 0 N–H and O–H groups in total. The third-order valence-electron chi connectivity index (χ3n) is 4.10. The normalized spacial score (nSPS) is 16.3. The van der Waals surface area contributed by atoms with Gasteiger partial charge in [0.05, 0.1) is 12.3 Å². The van der Waals surface area contributed by atoms with Crippen molar-refractivity contribution in [3.8, 4) is 0 Å². The second-order valence-electron chi connectivity index (χ2n) is 5.92. The average molecular weight is 317 g/mol. The summed E-state index contributed by atoms with van der Waals surface area (Å²) in [6, 6.07) is 5.93. The van der Waals surface area contributed by atoms with Crippen molar-refractivity contribution in [3.05, 3.63) is 29.3 Å². The number of hydrogen-bond donors (Lipinski definition) is 0. The van der Waals surface area contributed by atoms with E-state index in [2.05, 4.69) is 18.8 Å². The molecule has 0 saturated heterocycles. The fourth-order valence-corrected chi connectivity index (χ4v) is 2.65. The maximum Gasteiger partial charge on any atom is 0.389 e. The van der Waals surface area contributed by atoms with Crippen molar-refractivity contribution in [2.45, 2.75) is 64.9 Å². The summed E-state index contributed by atoms with van der Waals surface area (Å²) in [6.07, 6.45) is 8.56. The summed E-state index contributed by atoms with van der Waals surface area (Å²) in [5.74, 6) is 0. The van der Waals surface area contributed by atoms with E-state index in [1.54, 1.807) is 0 Å². The molecule has 0 bridgehead atoms. The molecule has 0 aliphatic carbocycles. The lowest BCUT2D eigenvalue weighted by Crippen LogP contribution is -2.20. The van der Waals surface area contributed by atoms with Gasteiger partial charge in [-0.1, -0.05) is 58.1 Å². The third-order valence-corrected chi connectivity index (χ3v) is 4.10. The van der Waals surface area contributed by atoms with Gasteiger partial charge >= 0.3 is 6.08 Å². The van der Waals surface area contributed by atoms with Crippen LogP contribution in [0.3, 0.4) is 0 Å². The van der Waals surface area contributed by atoms with E-state index in [9.17, 15) is 4.79 Å².